The van der Waals surface area contributed by atoms with Crippen LogP contribution in [-0.4, -0.2) is 17.3 Å². The molecule has 2 aromatic rings. The standard InChI is InChI=1S/C15H10N2O4/c16-9-11-6-7-15(13(8-11)17(19)20)21-10-14(18)12-4-2-1-3-5-12/h1-8H,10H2. The van der Waals surface area contributed by atoms with Gasteiger partial charge in [-0.25, -0.2) is 0 Å². The second-order valence-electron chi connectivity index (χ2n) is 4.13. The Labute approximate surface area is 120 Å². The molecule has 0 N–H and O–H groups in total. The Hall–Kier alpha value is -3.20. The zero-order valence-corrected chi connectivity index (χ0v) is 10.9. The number of nitro benzene ring substituents is 1. The largest absolute Gasteiger partial charge is 0.478 e. The van der Waals surface area contributed by atoms with E-state index < -0.39 is 4.92 Å². The van der Waals surface area contributed by atoms with Crippen molar-refractivity contribution < 1.29 is 14.5 Å². The highest BCUT2D eigenvalue weighted by atomic mass is 16.6. The van der Waals surface area contributed by atoms with E-state index in [1.165, 1.54) is 12.1 Å². The summed E-state index contributed by atoms with van der Waals surface area (Å²) in [6, 6.07) is 14.1. The van der Waals surface area contributed by atoms with Gasteiger partial charge in [0.1, 0.15) is 0 Å². The van der Waals surface area contributed by atoms with Gasteiger partial charge in [-0.2, -0.15) is 5.26 Å². The highest BCUT2D eigenvalue weighted by molar-refractivity contribution is 5.97. The van der Waals surface area contributed by atoms with Crippen LogP contribution in [0.3, 0.4) is 0 Å². The molecule has 0 aromatic heterocycles. The van der Waals surface area contributed by atoms with E-state index in [4.69, 9.17) is 10.00 Å². The van der Waals surface area contributed by atoms with Crippen LogP contribution in [0.5, 0.6) is 5.75 Å². The molecule has 104 valence electrons. The number of Topliss-reactive ketones (excluding diaryl/α,β-unsaturated/α-hetero) is 1. The molecule has 21 heavy (non-hydrogen) atoms. The van der Waals surface area contributed by atoms with Gasteiger partial charge in [0.25, 0.3) is 0 Å². The number of ether oxygens (including phenoxy) is 1. The summed E-state index contributed by atoms with van der Waals surface area (Å²) in [6.07, 6.45) is 0. The molecule has 0 bridgehead atoms. The summed E-state index contributed by atoms with van der Waals surface area (Å²) in [6.45, 7) is -0.309. The van der Waals surface area contributed by atoms with Crippen LogP contribution in [0.25, 0.3) is 0 Å². The maximum Gasteiger partial charge on any atom is 0.312 e. The predicted octanol–water partition coefficient (Wildman–Crippen LogP) is 2.73. The Bertz CT molecular complexity index is 720. The highest BCUT2D eigenvalue weighted by Crippen LogP contribution is 2.27. The monoisotopic (exact) mass is 282 g/mol. The first-order valence-corrected chi connectivity index (χ1v) is 6.01. The number of carbonyl (C=O) groups excluding carboxylic acids is 1. The minimum absolute atomic E-state index is 0.0386. The molecule has 0 fully saturated rings. The summed E-state index contributed by atoms with van der Waals surface area (Å²) in [5, 5.41) is 19.7. The van der Waals surface area contributed by atoms with E-state index in [-0.39, 0.29) is 29.4 Å². The van der Waals surface area contributed by atoms with Crippen LogP contribution in [-0.2, 0) is 0 Å². The quantitative estimate of drug-likeness (QED) is 0.477. The van der Waals surface area contributed by atoms with Crippen molar-refractivity contribution in [3.63, 3.8) is 0 Å². The fourth-order valence-electron chi connectivity index (χ4n) is 1.70. The van der Waals surface area contributed by atoms with E-state index in [1.54, 1.807) is 30.3 Å². The molecule has 2 aromatic carbocycles. The van der Waals surface area contributed by atoms with E-state index in [1.807, 2.05) is 6.07 Å². The van der Waals surface area contributed by atoms with Crippen LogP contribution in [0.2, 0.25) is 0 Å². The van der Waals surface area contributed by atoms with Gasteiger partial charge in [-0.3, -0.25) is 14.9 Å². The van der Waals surface area contributed by atoms with Gasteiger partial charge in [-0.05, 0) is 12.1 Å². The van der Waals surface area contributed by atoms with E-state index in [0.717, 1.165) is 6.07 Å². The van der Waals surface area contributed by atoms with E-state index >= 15 is 0 Å². The van der Waals surface area contributed by atoms with Crippen molar-refractivity contribution in [2.75, 3.05) is 6.61 Å². The first-order chi connectivity index (χ1) is 10.1. The van der Waals surface area contributed by atoms with Crippen LogP contribution in [0, 0.1) is 21.4 Å². The molecule has 6 heteroatoms. The second kappa shape index (κ2) is 6.30. The van der Waals surface area contributed by atoms with E-state index in [2.05, 4.69) is 0 Å². The molecular weight excluding hydrogens is 272 g/mol. The van der Waals surface area contributed by atoms with Crippen molar-refractivity contribution in [2.45, 2.75) is 0 Å². The molecule has 0 aliphatic carbocycles. The van der Waals surface area contributed by atoms with Crippen LogP contribution in [0.4, 0.5) is 5.69 Å². The lowest BCUT2D eigenvalue weighted by molar-refractivity contribution is -0.385. The fraction of sp³-hybridized carbons (Fsp3) is 0.0667. The second-order valence-corrected chi connectivity index (χ2v) is 4.13. The van der Waals surface area contributed by atoms with Crippen molar-refractivity contribution in [1.82, 2.24) is 0 Å². The number of nitrogens with zero attached hydrogens (tertiary/aromatic N) is 2. The average Bonchev–Trinajstić information content (AvgIpc) is 2.53. The average molecular weight is 282 g/mol. The Morgan fingerprint density at radius 2 is 1.95 bits per heavy atom. The zero-order valence-electron chi connectivity index (χ0n) is 10.9. The number of ketones is 1. The molecule has 0 amide bonds. The Kier molecular flexibility index (Phi) is 4.26. The molecule has 0 radical (unpaired) electrons. The normalized spacial score (nSPS) is 9.67. The predicted molar refractivity (Wildman–Crippen MR) is 74.1 cm³/mol. The third kappa shape index (κ3) is 3.42. The van der Waals surface area contributed by atoms with Crippen LogP contribution in [0.1, 0.15) is 15.9 Å². The van der Waals surface area contributed by atoms with Crippen molar-refractivity contribution in [3.05, 3.63) is 69.8 Å². The molecule has 0 spiro atoms. The van der Waals surface area contributed by atoms with Crippen molar-refractivity contribution in [2.24, 2.45) is 0 Å². The minimum Gasteiger partial charge on any atom is -0.478 e. The number of carbonyl (C=O) groups is 1. The molecule has 0 heterocycles. The van der Waals surface area contributed by atoms with Gasteiger partial charge in [0.2, 0.25) is 0 Å². The lowest BCUT2D eigenvalue weighted by atomic mass is 10.1. The Balaban J connectivity index is 2.15. The maximum atomic E-state index is 11.9. The van der Waals surface area contributed by atoms with Gasteiger partial charge in [0.15, 0.2) is 18.1 Å². The summed E-state index contributed by atoms with van der Waals surface area (Å²) in [4.78, 5) is 22.2. The molecule has 0 saturated heterocycles. The van der Waals surface area contributed by atoms with Crippen molar-refractivity contribution in [1.29, 1.82) is 5.26 Å². The third-order valence-corrected chi connectivity index (χ3v) is 2.74. The Morgan fingerprint density at radius 1 is 1.24 bits per heavy atom. The summed E-state index contributed by atoms with van der Waals surface area (Å²) in [5.74, 6) is -0.322. The highest BCUT2D eigenvalue weighted by Gasteiger charge is 2.17. The van der Waals surface area contributed by atoms with Crippen molar-refractivity contribution in [3.8, 4) is 11.8 Å². The molecule has 2 rings (SSSR count). The summed E-state index contributed by atoms with van der Waals surface area (Å²) in [7, 11) is 0. The number of nitro groups is 1. The number of nitriles is 1. The van der Waals surface area contributed by atoms with Gasteiger partial charge in [0.05, 0.1) is 16.6 Å². The van der Waals surface area contributed by atoms with Crippen LogP contribution in [0.15, 0.2) is 48.5 Å². The van der Waals surface area contributed by atoms with Gasteiger partial charge in [-0.15, -0.1) is 0 Å². The first-order valence-electron chi connectivity index (χ1n) is 6.01. The van der Waals surface area contributed by atoms with E-state index in [9.17, 15) is 14.9 Å². The molecule has 0 aliphatic heterocycles. The number of hydrogen-bond acceptors (Lipinski definition) is 5. The molecule has 0 aliphatic rings. The van der Waals surface area contributed by atoms with Gasteiger partial charge >= 0.3 is 5.69 Å². The summed E-state index contributed by atoms with van der Waals surface area (Å²) >= 11 is 0. The zero-order chi connectivity index (χ0) is 15.2. The maximum absolute atomic E-state index is 11.9. The van der Waals surface area contributed by atoms with Gasteiger partial charge < -0.3 is 4.74 Å². The number of benzene rings is 2. The summed E-state index contributed by atoms with van der Waals surface area (Å²) < 4.78 is 5.21. The molecule has 0 atom stereocenters. The topological polar surface area (TPSA) is 93.2 Å². The SMILES string of the molecule is N#Cc1ccc(OCC(=O)c2ccccc2)c([N+](=O)[O-])c1. The molecule has 0 saturated carbocycles. The lowest BCUT2D eigenvalue weighted by Crippen LogP contribution is -2.12. The van der Waals surface area contributed by atoms with Crippen LogP contribution < -0.4 is 4.74 Å². The first kappa shape index (κ1) is 14.2. The van der Waals surface area contributed by atoms with Crippen LogP contribution >= 0.6 is 0 Å². The van der Waals surface area contributed by atoms with Gasteiger partial charge in [-0.1, -0.05) is 30.3 Å². The van der Waals surface area contributed by atoms with E-state index in [0.29, 0.717) is 5.56 Å². The Morgan fingerprint density at radius 3 is 2.57 bits per heavy atom. The molecule has 6 nitrogen and oxygen atoms in total. The third-order valence-electron chi connectivity index (χ3n) is 2.74. The molecular formula is C15H10N2O4. The number of rotatable bonds is 5. The molecule has 0 unspecified atom stereocenters. The lowest BCUT2D eigenvalue weighted by Gasteiger charge is -2.06. The minimum atomic E-state index is -0.650. The summed E-state index contributed by atoms with van der Waals surface area (Å²) in [5.41, 5.74) is 0.284. The van der Waals surface area contributed by atoms with Crippen molar-refractivity contribution >= 4 is 11.5 Å². The fourth-order valence-corrected chi connectivity index (χ4v) is 1.70. The smallest absolute Gasteiger partial charge is 0.312 e. The number of hydrogen-bond donors (Lipinski definition) is 0. The van der Waals surface area contributed by atoms with Gasteiger partial charge in [0, 0.05) is 11.6 Å².